The summed E-state index contributed by atoms with van der Waals surface area (Å²) in [5.41, 5.74) is 1.93. The number of nitriles is 1. The van der Waals surface area contributed by atoms with Crippen LogP contribution >= 0.6 is 11.3 Å². The Kier molecular flexibility index (Phi) is 5.38. The lowest BCUT2D eigenvalue weighted by Crippen LogP contribution is -2.02. The number of para-hydroxylation sites is 1. The molecule has 0 bridgehead atoms. The van der Waals surface area contributed by atoms with E-state index in [1.807, 2.05) is 12.1 Å². The average Bonchev–Trinajstić information content (AvgIpc) is 3.52. The van der Waals surface area contributed by atoms with E-state index in [1.54, 1.807) is 53.9 Å². The molecule has 1 N–H and O–H groups in total. The van der Waals surface area contributed by atoms with Crippen LogP contribution in [0.2, 0.25) is 0 Å². The number of nitrogens with zero attached hydrogens (tertiary/aromatic N) is 2. The Hall–Kier alpha value is -4.74. The molecule has 0 aliphatic rings. The summed E-state index contributed by atoms with van der Waals surface area (Å²) >= 11 is 1.24. The van der Waals surface area contributed by atoms with Crippen molar-refractivity contribution in [1.29, 1.82) is 5.26 Å². The number of carboxylic acid groups (broad SMARTS) is 1. The topological polar surface area (TPSA) is 117 Å². The highest BCUT2D eigenvalue weighted by molar-refractivity contribution is 7.11. The van der Waals surface area contributed by atoms with Crippen molar-refractivity contribution in [3.63, 3.8) is 0 Å². The molecule has 0 amide bonds. The van der Waals surface area contributed by atoms with Gasteiger partial charge in [-0.25, -0.2) is 14.6 Å². The summed E-state index contributed by atoms with van der Waals surface area (Å²) in [6.07, 6.45) is 1.57. The average molecular weight is 466 g/mol. The first-order valence-corrected chi connectivity index (χ1v) is 10.9. The van der Waals surface area contributed by atoms with Gasteiger partial charge in [-0.3, -0.25) is 0 Å². The van der Waals surface area contributed by atoms with Gasteiger partial charge in [0.15, 0.2) is 0 Å². The summed E-state index contributed by atoms with van der Waals surface area (Å²) in [4.78, 5) is 27.9. The maximum atomic E-state index is 12.4. The lowest BCUT2D eigenvalue weighted by Gasteiger charge is -1.99. The summed E-state index contributed by atoms with van der Waals surface area (Å²) in [5, 5.41) is 21.7. The highest BCUT2D eigenvalue weighted by Crippen LogP contribution is 2.29. The fraction of sp³-hybridized carbons (Fsp3) is 0. The maximum Gasteiger partial charge on any atom is 0.345 e. The Morgan fingerprint density at radius 1 is 1.06 bits per heavy atom. The van der Waals surface area contributed by atoms with Crippen LogP contribution < -0.4 is 5.63 Å². The molecule has 0 fully saturated rings. The van der Waals surface area contributed by atoms with Crippen LogP contribution in [-0.2, 0) is 0 Å². The molecule has 164 valence electrons. The number of allylic oxidation sites excluding steroid dienone is 1. The van der Waals surface area contributed by atoms with E-state index in [4.69, 9.17) is 13.9 Å². The van der Waals surface area contributed by atoms with Gasteiger partial charge < -0.3 is 13.9 Å². The second-order valence-corrected chi connectivity index (χ2v) is 8.14. The minimum atomic E-state index is -1.00. The van der Waals surface area contributed by atoms with Crippen LogP contribution in [0.15, 0.2) is 85.7 Å². The van der Waals surface area contributed by atoms with Gasteiger partial charge in [0.1, 0.15) is 28.2 Å². The number of hydrogen-bond donors (Lipinski definition) is 1. The van der Waals surface area contributed by atoms with E-state index in [9.17, 15) is 14.9 Å². The minimum absolute atomic E-state index is 0.183. The highest BCUT2D eigenvalue weighted by Gasteiger charge is 2.15. The van der Waals surface area contributed by atoms with Crippen molar-refractivity contribution >= 4 is 39.9 Å². The van der Waals surface area contributed by atoms with Crippen molar-refractivity contribution in [3.8, 4) is 28.7 Å². The molecule has 3 aromatic heterocycles. The van der Waals surface area contributed by atoms with Gasteiger partial charge in [-0.2, -0.15) is 5.26 Å². The molecule has 5 rings (SSSR count). The Morgan fingerprint density at radius 3 is 2.62 bits per heavy atom. The first kappa shape index (κ1) is 21.1. The highest BCUT2D eigenvalue weighted by atomic mass is 32.1. The zero-order valence-corrected chi connectivity index (χ0v) is 18.2. The van der Waals surface area contributed by atoms with Gasteiger partial charge in [-0.1, -0.05) is 30.3 Å². The molecular weight excluding hydrogens is 452 g/mol. The lowest BCUT2D eigenvalue weighted by atomic mass is 10.1. The van der Waals surface area contributed by atoms with Crippen molar-refractivity contribution in [2.45, 2.75) is 0 Å². The molecule has 2 aromatic carbocycles. The number of hydrogen-bond acceptors (Lipinski definition) is 7. The van der Waals surface area contributed by atoms with Crippen LogP contribution in [0, 0.1) is 11.3 Å². The van der Waals surface area contributed by atoms with E-state index in [2.05, 4.69) is 11.1 Å². The number of carboxylic acids is 1. The van der Waals surface area contributed by atoms with Gasteiger partial charge in [0.05, 0.1) is 22.4 Å². The van der Waals surface area contributed by atoms with Crippen LogP contribution in [-0.4, -0.2) is 16.1 Å². The second-order valence-electron chi connectivity index (χ2n) is 7.28. The predicted octanol–water partition coefficient (Wildman–Crippen LogP) is 5.94. The van der Waals surface area contributed by atoms with Crippen LogP contribution in [0.25, 0.3) is 45.2 Å². The molecule has 0 atom stereocenters. The summed E-state index contributed by atoms with van der Waals surface area (Å²) in [6.45, 7) is 0. The third kappa shape index (κ3) is 4.03. The van der Waals surface area contributed by atoms with E-state index < -0.39 is 11.6 Å². The van der Waals surface area contributed by atoms with Crippen molar-refractivity contribution < 1.29 is 18.7 Å². The Morgan fingerprint density at radius 2 is 1.85 bits per heavy atom. The number of fused-ring (bicyclic) bond motifs is 1. The fourth-order valence-electron chi connectivity index (χ4n) is 3.41. The van der Waals surface area contributed by atoms with E-state index >= 15 is 0 Å². The first-order valence-electron chi connectivity index (χ1n) is 10.1. The van der Waals surface area contributed by atoms with Crippen LogP contribution in [0.3, 0.4) is 0 Å². The largest absolute Gasteiger partial charge is 0.478 e. The smallest absolute Gasteiger partial charge is 0.345 e. The molecule has 3 heterocycles. The molecule has 0 unspecified atom stereocenters. The predicted molar refractivity (Wildman–Crippen MR) is 128 cm³/mol. The number of benzene rings is 2. The number of aromatic carboxylic acids is 1. The van der Waals surface area contributed by atoms with Crippen LogP contribution in [0.1, 0.15) is 21.1 Å². The van der Waals surface area contributed by atoms with Crippen LogP contribution in [0.4, 0.5) is 0 Å². The Bertz CT molecular complexity index is 1670. The summed E-state index contributed by atoms with van der Waals surface area (Å²) in [7, 11) is 0. The zero-order chi connectivity index (χ0) is 23.7. The number of carbonyl (C=O) groups is 1. The Balaban J connectivity index is 1.44. The maximum absolute atomic E-state index is 12.4. The van der Waals surface area contributed by atoms with Gasteiger partial charge in [-0.15, -0.1) is 11.3 Å². The third-order valence-corrected chi connectivity index (χ3v) is 5.98. The minimum Gasteiger partial charge on any atom is -0.478 e. The molecular formula is C26H14N2O5S. The molecule has 8 heteroatoms. The summed E-state index contributed by atoms with van der Waals surface area (Å²) < 4.78 is 11.2. The first-order chi connectivity index (χ1) is 16.5. The molecule has 0 saturated heterocycles. The standard InChI is InChI=1S/C26H14N2O5S/c27-13-18(11-19-9-10-23(32-19)15-5-7-16(8-6-15)25(29)30)24-28-21(14-34-24)20-12-17-3-1-2-4-22(17)33-26(20)31/h1-12,14H,(H,29,30)/b18-11+. The third-order valence-electron chi connectivity index (χ3n) is 5.10. The molecule has 0 aliphatic carbocycles. The molecule has 34 heavy (non-hydrogen) atoms. The van der Waals surface area contributed by atoms with E-state index in [0.717, 1.165) is 5.39 Å². The van der Waals surface area contributed by atoms with Crippen molar-refractivity contribution in [2.75, 3.05) is 0 Å². The van der Waals surface area contributed by atoms with Gasteiger partial charge >= 0.3 is 11.6 Å². The van der Waals surface area contributed by atoms with E-state index in [0.29, 0.717) is 38.9 Å². The fourth-order valence-corrected chi connectivity index (χ4v) is 4.19. The second kappa shape index (κ2) is 8.65. The van der Waals surface area contributed by atoms with Gasteiger partial charge in [0.2, 0.25) is 0 Å². The molecule has 0 radical (unpaired) electrons. The quantitative estimate of drug-likeness (QED) is 0.252. The van der Waals surface area contributed by atoms with Gasteiger partial charge in [0, 0.05) is 22.4 Å². The molecule has 0 saturated carbocycles. The van der Waals surface area contributed by atoms with Crippen LogP contribution in [0.5, 0.6) is 0 Å². The van der Waals surface area contributed by atoms with Crippen molar-refractivity contribution in [1.82, 2.24) is 4.98 Å². The van der Waals surface area contributed by atoms with E-state index in [1.165, 1.54) is 23.5 Å². The van der Waals surface area contributed by atoms with Gasteiger partial charge in [-0.05, 0) is 36.4 Å². The molecule has 0 aliphatic heterocycles. The van der Waals surface area contributed by atoms with Crippen molar-refractivity contribution in [3.05, 3.63) is 98.9 Å². The molecule has 5 aromatic rings. The zero-order valence-electron chi connectivity index (χ0n) is 17.4. The number of rotatable bonds is 5. The number of aromatic nitrogens is 1. The normalized spacial score (nSPS) is 11.4. The lowest BCUT2D eigenvalue weighted by molar-refractivity contribution is 0.0697. The molecule has 7 nitrogen and oxygen atoms in total. The SMILES string of the molecule is N#C/C(=C\c1ccc(-c2ccc(C(=O)O)cc2)o1)c1nc(-c2cc3ccccc3oc2=O)cs1. The summed E-state index contributed by atoms with van der Waals surface area (Å²) in [5.74, 6) is -0.0255. The number of furan rings is 1. The van der Waals surface area contributed by atoms with Gasteiger partial charge in [0.25, 0.3) is 0 Å². The monoisotopic (exact) mass is 466 g/mol. The summed E-state index contributed by atoms with van der Waals surface area (Å²) in [6, 6.07) is 20.8. The number of thiazole rings is 1. The van der Waals surface area contributed by atoms with E-state index in [-0.39, 0.29) is 11.1 Å². The van der Waals surface area contributed by atoms with Crippen molar-refractivity contribution in [2.24, 2.45) is 0 Å². The Labute approximate surface area is 196 Å². The molecule has 0 spiro atoms.